The van der Waals surface area contributed by atoms with E-state index < -0.39 is 11.9 Å². The molecule has 0 amide bonds. The van der Waals surface area contributed by atoms with Crippen LogP contribution in [0.25, 0.3) is 0 Å². The molecule has 0 N–H and O–H groups in total. The fraction of sp³-hybridized carbons (Fsp3) is 0.222. The molecular formula is C18H15BrCl2O6. The van der Waals surface area contributed by atoms with Crippen LogP contribution in [0.4, 0.5) is 0 Å². The van der Waals surface area contributed by atoms with Crippen LogP contribution in [-0.4, -0.2) is 38.9 Å². The van der Waals surface area contributed by atoms with Crippen LogP contribution in [-0.2, 0) is 14.3 Å². The maximum Gasteiger partial charge on any atom is 0.349 e. The number of ether oxygens (including phenoxy) is 4. The van der Waals surface area contributed by atoms with Crippen LogP contribution in [0.15, 0.2) is 40.9 Å². The quantitative estimate of drug-likeness (QED) is 0.315. The number of carbonyl (C=O) groups excluding carboxylic acids is 2. The van der Waals surface area contributed by atoms with E-state index in [1.54, 1.807) is 6.07 Å². The van der Waals surface area contributed by atoms with E-state index in [-0.39, 0.29) is 29.7 Å². The van der Waals surface area contributed by atoms with Gasteiger partial charge in [-0.2, -0.15) is 0 Å². The highest BCUT2D eigenvalue weighted by Crippen LogP contribution is 2.36. The van der Waals surface area contributed by atoms with Crippen molar-refractivity contribution in [1.82, 2.24) is 0 Å². The molecule has 0 aliphatic heterocycles. The molecule has 0 saturated carbocycles. The zero-order valence-corrected chi connectivity index (χ0v) is 17.3. The van der Waals surface area contributed by atoms with Crippen LogP contribution in [0.5, 0.6) is 11.5 Å². The van der Waals surface area contributed by atoms with Crippen molar-refractivity contribution < 1.29 is 28.5 Å². The van der Waals surface area contributed by atoms with Crippen molar-refractivity contribution in [1.29, 1.82) is 0 Å². The zero-order valence-electron chi connectivity index (χ0n) is 14.2. The lowest BCUT2D eigenvalue weighted by Crippen LogP contribution is -2.18. The van der Waals surface area contributed by atoms with Gasteiger partial charge in [-0.1, -0.05) is 23.2 Å². The van der Waals surface area contributed by atoms with Gasteiger partial charge in [0.2, 0.25) is 0 Å². The average molecular weight is 478 g/mol. The summed E-state index contributed by atoms with van der Waals surface area (Å²) in [6.45, 7) is 0.113. The van der Waals surface area contributed by atoms with E-state index in [1.165, 1.54) is 37.4 Å². The highest BCUT2D eigenvalue weighted by Gasteiger charge is 2.13. The van der Waals surface area contributed by atoms with E-state index in [2.05, 4.69) is 15.9 Å². The normalized spacial score (nSPS) is 10.4. The second-order valence-corrected chi connectivity index (χ2v) is 6.81. The van der Waals surface area contributed by atoms with Gasteiger partial charge in [0.1, 0.15) is 12.4 Å². The third-order valence-corrected chi connectivity index (χ3v) is 4.23. The Morgan fingerprint density at radius 3 is 2.41 bits per heavy atom. The van der Waals surface area contributed by atoms with Gasteiger partial charge in [-0.05, 0) is 52.3 Å². The Balaban J connectivity index is 1.88. The Bertz CT molecular complexity index is 787. The maximum atomic E-state index is 11.9. The van der Waals surface area contributed by atoms with Crippen molar-refractivity contribution >= 4 is 51.1 Å². The Morgan fingerprint density at radius 1 is 1.07 bits per heavy atom. The summed E-state index contributed by atoms with van der Waals surface area (Å²) in [4.78, 5) is 23.7. The van der Waals surface area contributed by atoms with E-state index >= 15 is 0 Å². The first-order valence-electron chi connectivity index (χ1n) is 7.65. The van der Waals surface area contributed by atoms with Crippen molar-refractivity contribution in [2.45, 2.75) is 0 Å². The van der Waals surface area contributed by atoms with Gasteiger partial charge in [0.15, 0.2) is 12.4 Å². The molecule has 0 fully saturated rings. The summed E-state index contributed by atoms with van der Waals surface area (Å²) in [6, 6.07) is 9.04. The first-order valence-corrected chi connectivity index (χ1v) is 9.19. The monoisotopic (exact) mass is 476 g/mol. The lowest BCUT2D eigenvalue weighted by molar-refractivity contribution is -0.136. The first kappa shape index (κ1) is 21.5. The molecule has 0 heterocycles. The van der Waals surface area contributed by atoms with E-state index in [0.29, 0.717) is 21.7 Å². The van der Waals surface area contributed by atoms with E-state index in [9.17, 15) is 9.59 Å². The highest BCUT2D eigenvalue weighted by atomic mass is 79.9. The van der Waals surface area contributed by atoms with Gasteiger partial charge in [0.05, 0.1) is 21.7 Å². The second-order valence-electron chi connectivity index (χ2n) is 5.11. The number of hydrogen-bond acceptors (Lipinski definition) is 6. The van der Waals surface area contributed by atoms with E-state index in [1.807, 2.05) is 0 Å². The second kappa shape index (κ2) is 10.5. The fourth-order valence-corrected chi connectivity index (χ4v) is 3.29. The molecule has 9 heteroatoms. The molecule has 0 bridgehead atoms. The van der Waals surface area contributed by atoms with Crippen LogP contribution >= 0.6 is 39.1 Å². The van der Waals surface area contributed by atoms with Crippen molar-refractivity contribution in [3.63, 3.8) is 0 Å². The number of benzene rings is 2. The summed E-state index contributed by atoms with van der Waals surface area (Å²) in [6.07, 6.45) is 0. The molecular weight excluding hydrogens is 463 g/mol. The molecule has 144 valence electrons. The van der Waals surface area contributed by atoms with Gasteiger partial charge in [-0.25, -0.2) is 9.59 Å². The topological polar surface area (TPSA) is 71.1 Å². The van der Waals surface area contributed by atoms with Crippen LogP contribution in [0.2, 0.25) is 10.0 Å². The molecule has 0 aliphatic carbocycles. The molecule has 0 spiro atoms. The van der Waals surface area contributed by atoms with Gasteiger partial charge in [0, 0.05) is 12.1 Å². The minimum Gasteiger partial charge on any atom is -0.479 e. The third-order valence-electron chi connectivity index (χ3n) is 3.14. The largest absolute Gasteiger partial charge is 0.479 e. The molecule has 0 unspecified atom stereocenters. The van der Waals surface area contributed by atoms with Crippen LogP contribution in [0.1, 0.15) is 10.4 Å². The molecule has 27 heavy (non-hydrogen) atoms. The van der Waals surface area contributed by atoms with Gasteiger partial charge >= 0.3 is 11.9 Å². The van der Waals surface area contributed by atoms with Crippen LogP contribution < -0.4 is 9.47 Å². The summed E-state index contributed by atoms with van der Waals surface area (Å²) in [5.41, 5.74) is 0.332. The lowest BCUT2D eigenvalue weighted by Gasteiger charge is -2.10. The molecule has 2 rings (SSSR count). The summed E-state index contributed by atoms with van der Waals surface area (Å²) < 4.78 is 20.8. The van der Waals surface area contributed by atoms with Gasteiger partial charge in [-0.3, -0.25) is 0 Å². The molecule has 2 aromatic carbocycles. The van der Waals surface area contributed by atoms with Gasteiger partial charge in [0.25, 0.3) is 0 Å². The maximum absolute atomic E-state index is 11.9. The van der Waals surface area contributed by atoms with E-state index in [4.69, 9.17) is 42.1 Å². The fourth-order valence-electron chi connectivity index (χ4n) is 1.92. The Labute approximate surface area is 174 Å². The number of hydrogen-bond donors (Lipinski definition) is 0. The Morgan fingerprint density at radius 2 is 1.78 bits per heavy atom. The number of esters is 2. The minimum absolute atomic E-state index is 0.159. The SMILES string of the molecule is COCCOC(=O)c1ccc(OC(=O)COc2c(Cl)cc(Cl)cc2Br)cc1. The summed E-state index contributed by atoms with van der Waals surface area (Å²) in [5, 5.41) is 0.696. The van der Waals surface area contributed by atoms with Gasteiger partial charge < -0.3 is 18.9 Å². The number of rotatable bonds is 8. The van der Waals surface area contributed by atoms with Crippen molar-refractivity contribution in [2.24, 2.45) is 0 Å². The molecule has 0 radical (unpaired) electrons. The number of methoxy groups -OCH3 is 1. The Kier molecular flexibility index (Phi) is 8.37. The summed E-state index contributed by atoms with van der Waals surface area (Å²) >= 11 is 15.2. The molecule has 0 aromatic heterocycles. The predicted molar refractivity (Wildman–Crippen MR) is 104 cm³/mol. The van der Waals surface area contributed by atoms with E-state index in [0.717, 1.165) is 0 Å². The molecule has 6 nitrogen and oxygen atoms in total. The predicted octanol–water partition coefficient (Wildman–Crippen LogP) is 4.54. The van der Waals surface area contributed by atoms with Crippen LogP contribution in [0.3, 0.4) is 0 Å². The molecule has 0 aliphatic rings. The summed E-state index contributed by atoms with van der Waals surface area (Å²) in [7, 11) is 1.51. The zero-order chi connectivity index (χ0) is 19.8. The van der Waals surface area contributed by atoms with Crippen molar-refractivity contribution in [3.8, 4) is 11.5 Å². The number of carbonyl (C=O) groups is 2. The molecule has 2 aromatic rings. The highest BCUT2D eigenvalue weighted by molar-refractivity contribution is 9.10. The van der Waals surface area contributed by atoms with Gasteiger partial charge in [-0.15, -0.1) is 0 Å². The lowest BCUT2D eigenvalue weighted by atomic mass is 10.2. The molecule has 0 atom stereocenters. The van der Waals surface area contributed by atoms with Crippen molar-refractivity contribution in [3.05, 3.63) is 56.5 Å². The molecule has 0 saturated heterocycles. The Hall–Kier alpha value is -1.80. The standard InChI is InChI=1S/C18H15BrCl2O6/c1-24-6-7-25-18(23)11-2-4-13(5-3-11)27-16(22)10-26-17-14(19)8-12(20)9-15(17)21/h2-5,8-9H,6-7,10H2,1H3. The minimum atomic E-state index is -0.636. The summed E-state index contributed by atoms with van der Waals surface area (Å²) in [5.74, 6) is -0.579. The average Bonchev–Trinajstić information content (AvgIpc) is 2.61. The smallest absolute Gasteiger partial charge is 0.349 e. The number of halogens is 3. The third kappa shape index (κ3) is 6.70. The van der Waals surface area contributed by atoms with Crippen LogP contribution in [0, 0.1) is 0 Å². The first-order chi connectivity index (χ1) is 12.9. The van der Waals surface area contributed by atoms with Crippen molar-refractivity contribution in [2.75, 3.05) is 26.9 Å².